The monoisotopic (exact) mass is 249 g/mol. The number of fused-ring (bicyclic) bond motifs is 1. The molecule has 1 aliphatic carbocycles. The molecule has 2 rings (SSSR count). The number of nitrogens with one attached hydrogen (secondary N) is 1. The summed E-state index contributed by atoms with van der Waals surface area (Å²) in [5.74, 6) is 2.99. The lowest BCUT2D eigenvalue weighted by molar-refractivity contribution is 0.230. The second kappa shape index (κ2) is 5.08. The predicted molar refractivity (Wildman–Crippen MR) is 75.7 cm³/mol. The number of furan rings is 1. The van der Waals surface area contributed by atoms with Gasteiger partial charge in [-0.25, -0.2) is 0 Å². The molecular weight excluding hydrogens is 222 g/mol. The van der Waals surface area contributed by atoms with Crippen molar-refractivity contribution < 1.29 is 4.42 Å². The minimum atomic E-state index is 0.338. The zero-order valence-corrected chi connectivity index (χ0v) is 12.5. The fraction of sp³-hybridized carbons (Fsp3) is 0.750. The molecule has 2 heteroatoms. The third kappa shape index (κ3) is 2.97. The molecule has 0 aromatic carbocycles. The van der Waals surface area contributed by atoms with E-state index in [1.54, 1.807) is 0 Å². The van der Waals surface area contributed by atoms with Crippen molar-refractivity contribution in [3.8, 4) is 0 Å². The van der Waals surface area contributed by atoms with E-state index in [0.717, 1.165) is 24.6 Å². The SMILES string of the molecule is CCC(C)CNC1CC(C)(C)Cc2oc(C)cc21. The summed E-state index contributed by atoms with van der Waals surface area (Å²) < 4.78 is 5.86. The van der Waals surface area contributed by atoms with E-state index in [1.165, 1.54) is 24.2 Å². The maximum absolute atomic E-state index is 5.86. The van der Waals surface area contributed by atoms with Crippen LogP contribution in [0.4, 0.5) is 0 Å². The van der Waals surface area contributed by atoms with Crippen molar-refractivity contribution in [2.24, 2.45) is 11.3 Å². The summed E-state index contributed by atoms with van der Waals surface area (Å²) in [4.78, 5) is 0. The summed E-state index contributed by atoms with van der Waals surface area (Å²) in [5, 5.41) is 3.74. The van der Waals surface area contributed by atoms with Crippen LogP contribution in [-0.2, 0) is 6.42 Å². The Morgan fingerprint density at radius 3 is 2.89 bits per heavy atom. The Bertz CT molecular complexity index is 405. The number of rotatable bonds is 4. The van der Waals surface area contributed by atoms with Crippen molar-refractivity contribution in [2.75, 3.05) is 6.54 Å². The van der Waals surface area contributed by atoms with Crippen molar-refractivity contribution in [1.82, 2.24) is 5.32 Å². The van der Waals surface area contributed by atoms with Gasteiger partial charge in [0.2, 0.25) is 0 Å². The predicted octanol–water partition coefficient (Wildman–Crippen LogP) is 4.24. The van der Waals surface area contributed by atoms with Crippen LogP contribution in [0.5, 0.6) is 0 Å². The van der Waals surface area contributed by atoms with Gasteiger partial charge < -0.3 is 9.73 Å². The number of hydrogen-bond acceptors (Lipinski definition) is 2. The molecule has 102 valence electrons. The molecule has 1 heterocycles. The highest BCUT2D eigenvalue weighted by Crippen LogP contribution is 2.41. The maximum Gasteiger partial charge on any atom is 0.109 e. The molecule has 2 nitrogen and oxygen atoms in total. The summed E-state index contributed by atoms with van der Waals surface area (Å²) in [7, 11) is 0. The highest BCUT2D eigenvalue weighted by Gasteiger charge is 2.34. The fourth-order valence-corrected chi connectivity index (χ4v) is 2.85. The van der Waals surface area contributed by atoms with Crippen LogP contribution >= 0.6 is 0 Å². The minimum Gasteiger partial charge on any atom is -0.466 e. The summed E-state index contributed by atoms with van der Waals surface area (Å²) in [5.41, 5.74) is 1.74. The van der Waals surface area contributed by atoms with E-state index in [-0.39, 0.29) is 0 Å². The third-order valence-corrected chi connectivity index (χ3v) is 4.15. The van der Waals surface area contributed by atoms with Crippen LogP contribution in [0, 0.1) is 18.3 Å². The molecule has 1 N–H and O–H groups in total. The van der Waals surface area contributed by atoms with Crippen molar-refractivity contribution in [1.29, 1.82) is 0 Å². The molecule has 1 aromatic heterocycles. The molecule has 0 fully saturated rings. The maximum atomic E-state index is 5.86. The molecule has 1 aromatic rings. The minimum absolute atomic E-state index is 0.338. The van der Waals surface area contributed by atoms with Crippen molar-refractivity contribution in [3.05, 3.63) is 23.2 Å². The van der Waals surface area contributed by atoms with Gasteiger partial charge in [-0.3, -0.25) is 0 Å². The largest absolute Gasteiger partial charge is 0.466 e. The molecular formula is C16H27NO. The summed E-state index contributed by atoms with van der Waals surface area (Å²) in [6.07, 6.45) is 3.51. The van der Waals surface area contributed by atoms with E-state index in [4.69, 9.17) is 4.42 Å². The molecule has 0 radical (unpaired) electrons. The van der Waals surface area contributed by atoms with Crippen molar-refractivity contribution >= 4 is 0 Å². The van der Waals surface area contributed by atoms with Gasteiger partial charge >= 0.3 is 0 Å². The van der Waals surface area contributed by atoms with Gasteiger partial charge in [-0.2, -0.15) is 0 Å². The number of aryl methyl sites for hydroxylation is 1. The Balaban J connectivity index is 2.14. The van der Waals surface area contributed by atoms with E-state index < -0.39 is 0 Å². The zero-order valence-electron chi connectivity index (χ0n) is 12.5. The highest BCUT2D eigenvalue weighted by molar-refractivity contribution is 5.29. The molecule has 0 bridgehead atoms. The van der Waals surface area contributed by atoms with E-state index in [9.17, 15) is 0 Å². The van der Waals surface area contributed by atoms with Crippen LogP contribution in [0.15, 0.2) is 10.5 Å². The average Bonchev–Trinajstić information content (AvgIpc) is 2.64. The van der Waals surface area contributed by atoms with Crippen LogP contribution in [0.1, 0.15) is 63.7 Å². The molecule has 2 atom stereocenters. The molecule has 0 aliphatic heterocycles. The highest BCUT2D eigenvalue weighted by atomic mass is 16.3. The van der Waals surface area contributed by atoms with Crippen LogP contribution < -0.4 is 5.32 Å². The molecule has 2 unspecified atom stereocenters. The van der Waals surface area contributed by atoms with Gasteiger partial charge in [0.25, 0.3) is 0 Å². The van der Waals surface area contributed by atoms with Gasteiger partial charge in [-0.1, -0.05) is 34.1 Å². The Morgan fingerprint density at radius 1 is 1.50 bits per heavy atom. The van der Waals surface area contributed by atoms with Crippen LogP contribution in [0.3, 0.4) is 0 Å². The topological polar surface area (TPSA) is 25.2 Å². The first-order chi connectivity index (χ1) is 8.41. The first-order valence-electron chi connectivity index (χ1n) is 7.24. The van der Waals surface area contributed by atoms with Crippen molar-refractivity contribution in [3.63, 3.8) is 0 Å². The summed E-state index contributed by atoms with van der Waals surface area (Å²) >= 11 is 0. The summed E-state index contributed by atoms with van der Waals surface area (Å²) in [6, 6.07) is 2.69. The third-order valence-electron chi connectivity index (χ3n) is 4.15. The fourth-order valence-electron chi connectivity index (χ4n) is 2.85. The van der Waals surface area contributed by atoms with Gasteiger partial charge in [0.15, 0.2) is 0 Å². The van der Waals surface area contributed by atoms with E-state index in [1.807, 2.05) is 0 Å². The molecule has 1 aliphatic rings. The van der Waals surface area contributed by atoms with Crippen molar-refractivity contribution in [2.45, 2.75) is 59.9 Å². The first kappa shape index (κ1) is 13.7. The van der Waals surface area contributed by atoms with Gasteiger partial charge in [0, 0.05) is 18.0 Å². The van der Waals surface area contributed by atoms with Gasteiger partial charge in [-0.05, 0) is 37.3 Å². The van der Waals surface area contributed by atoms with E-state index in [2.05, 4.69) is 46.0 Å². The second-order valence-corrected chi connectivity index (χ2v) is 6.75. The van der Waals surface area contributed by atoms with E-state index in [0.29, 0.717) is 11.5 Å². The zero-order chi connectivity index (χ0) is 13.3. The van der Waals surface area contributed by atoms with Gasteiger partial charge in [0.05, 0.1) is 0 Å². The Hall–Kier alpha value is -0.760. The second-order valence-electron chi connectivity index (χ2n) is 6.75. The van der Waals surface area contributed by atoms with Gasteiger partial charge in [-0.15, -0.1) is 0 Å². The lowest BCUT2D eigenvalue weighted by atomic mass is 9.74. The Labute approximate surface area is 111 Å². The Kier molecular flexibility index (Phi) is 3.86. The number of hydrogen-bond donors (Lipinski definition) is 1. The molecule has 0 spiro atoms. The van der Waals surface area contributed by atoms with Crippen LogP contribution in [0.25, 0.3) is 0 Å². The lowest BCUT2D eigenvalue weighted by Gasteiger charge is -2.35. The smallest absolute Gasteiger partial charge is 0.109 e. The van der Waals surface area contributed by atoms with E-state index >= 15 is 0 Å². The Morgan fingerprint density at radius 2 is 2.22 bits per heavy atom. The van der Waals surface area contributed by atoms with Gasteiger partial charge in [0.1, 0.15) is 11.5 Å². The summed E-state index contributed by atoms with van der Waals surface area (Å²) in [6.45, 7) is 12.4. The molecule has 0 saturated carbocycles. The van der Waals surface area contributed by atoms with Crippen LogP contribution in [0.2, 0.25) is 0 Å². The molecule has 0 saturated heterocycles. The average molecular weight is 249 g/mol. The molecule has 0 amide bonds. The lowest BCUT2D eigenvalue weighted by Crippen LogP contribution is -2.34. The standard InChI is InChI=1S/C16H27NO/c1-6-11(2)10-17-14-8-16(4,5)9-15-13(14)7-12(3)18-15/h7,11,14,17H,6,8-10H2,1-5H3. The normalized spacial score (nSPS) is 23.7. The van der Waals surface area contributed by atoms with Crippen LogP contribution in [-0.4, -0.2) is 6.54 Å². The first-order valence-corrected chi connectivity index (χ1v) is 7.24. The quantitative estimate of drug-likeness (QED) is 0.863. The molecule has 18 heavy (non-hydrogen) atoms.